The van der Waals surface area contributed by atoms with E-state index in [4.69, 9.17) is 4.42 Å². The van der Waals surface area contributed by atoms with Crippen molar-refractivity contribution in [3.8, 4) is 11.5 Å². The maximum absolute atomic E-state index is 12.7. The van der Waals surface area contributed by atoms with Gasteiger partial charge in [0.2, 0.25) is 15.9 Å². The molecular weight excluding hydrogens is 377 g/mol. The lowest BCUT2D eigenvalue weighted by atomic mass is 10.3. The maximum Gasteiger partial charge on any atom is 0.408 e. The molecular formula is C14H17F3N4O4S. The quantitative estimate of drug-likeness (QED) is 0.735. The standard InChI is InChI=1S/C14H17F3N4O4S/c1-9(20-26(2,23)24)13(22)18-7-10-6-11(12-4-3-5-25-12)21(19-10)8-14(15,16)17/h3-6,9,20H,7-8H2,1-2H3,(H,18,22)/t9-/m0/s1. The van der Waals surface area contributed by atoms with E-state index >= 15 is 0 Å². The number of nitrogens with one attached hydrogen (secondary N) is 2. The number of furan rings is 1. The normalized spacial score (nSPS) is 13.6. The Morgan fingerprint density at radius 1 is 1.42 bits per heavy atom. The lowest BCUT2D eigenvalue weighted by Gasteiger charge is -2.11. The van der Waals surface area contributed by atoms with Gasteiger partial charge in [0.1, 0.15) is 12.2 Å². The van der Waals surface area contributed by atoms with Gasteiger partial charge in [0.25, 0.3) is 0 Å². The van der Waals surface area contributed by atoms with Gasteiger partial charge in [-0.3, -0.25) is 9.48 Å². The molecule has 0 aliphatic carbocycles. The molecule has 2 heterocycles. The highest BCUT2D eigenvalue weighted by atomic mass is 32.2. The summed E-state index contributed by atoms with van der Waals surface area (Å²) in [7, 11) is -3.57. The predicted molar refractivity (Wildman–Crippen MR) is 85.3 cm³/mol. The van der Waals surface area contributed by atoms with Gasteiger partial charge in [-0.25, -0.2) is 13.1 Å². The molecule has 0 aliphatic rings. The molecule has 2 aromatic rings. The van der Waals surface area contributed by atoms with Gasteiger partial charge in [0.05, 0.1) is 30.8 Å². The summed E-state index contributed by atoms with van der Waals surface area (Å²) < 4.78 is 68.3. The number of hydrogen-bond donors (Lipinski definition) is 2. The largest absolute Gasteiger partial charge is 0.463 e. The Hall–Kier alpha value is -2.34. The van der Waals surface area contributed by atoms with Crippen LogP contribution in [0.3, 0.4) is 0 Å². The average Bonchev–Trinajstić information content (AvgIpc) is 3.10. The molecule has 0 saturated carbocycles. The minimum atomic E-state index is -4.48. The van der Waals surface area contributed by atoms with Gasteiger partial charge in [0, 0.05) is 0 Å². The van der Waals surface area contributed by atoms with E-state index < -0.39 is 34.7 Å². The summed E-state index contributed by atoms with van der Waals surface area (Å²) in [5.74, 6) is -0.438. The van der Waals surface area contributed by atoms with Crippen LogP contribution in [0.15, 0.2) is 28.9 Å². The first-order chi connectivity index (χ1) is 11.9. The third-order valence-electron chi connectivity index (χ3n) is 3.16. The van der Waals surface area contributed by atoms with E-state index in [0.717, 1.165) is 10.9 Å². The first kappa shape index (κ1) is 20.0. The maximum atomic E-state index is 12.7. The number of halogens is 3. The highest BCUT2D eigenvalue weighted by Crippen LogP contribution is 2.25. The molecule has 8 nitrogen and oxygen atoms in total. The Bertz CT molecular complexity index is 859. The van der Waals surface area contributed by atoms with E-state index in [9.17, 15) is 26.4 Å². The molecule has 0 spiro atoms. The first-order valence-electron chi connectivity index (χ1n) is 7.37. The Balaban J connectivity index is 2.12. The van der Waals surface area contributed by atoms with Crippen molar-refractivity contribution < 1.29 is 30.8 Å². The monoisotopic (exact) mass is 394 g/mol. The van der Waals surface area contributed by atoms with E-state index in [1.54, 1.807) is 0 Å². The second-order valence-corrected chi connectivity index (χ2v) is 7.38. The summed E-state index contributed by atoms with van der Waals surface area (Å²) >= 11 is 0. The molecule has 2 rings (SSSR count). The molecule has 12 heteroatoms. The van der Waals surface area contributed by atoms with Crippen molar-refractivity contribution in [2.75, 3.05) is 6.26 Å². The number of carbonyl (C=O) groups is 1. The van der Waals surface area contributed by atoms with Gasteiger partial charge < -0.3 is 9.73 Å². The van der Waals surface area contributed by atoms with Gasteiger partial charge >= 0.3 is 6.18 Å². The van der Waals surface area contributed by atoms with Crippen LogP contribution in [0.25, 0.3) is 11.5 Å². The number of nitrogens with zero attached hydrogens (tertiary/aromatic N) is 2. The van der Waals surface area contributed by atoms with E-state index in [1.807, 2.05) is 0 Å². The fourth-order valence-corrected chi connectivity index (χ4v) is 2.92. The van der Waals surface area contributed by atoms with Crippen LogP contribution >= 0.6 is 0 Å². The van der Waals surface area contributed by atoms with Crippen molar-refractivity contribution in [1.82, 2.24) is 19.8 Å². The van der Waals surface area contributed by atoms with Gasteiger partial charge in [-0.2, -0.15) is 18.3 Å². The summed E-state index contributed by atoms with van der Waals surface area (Å²) in [4.78, 5) is 11.9. The fourth-order valence-electron chi connectivity index (χ4n) is 2.17. The first-order valence-corrected chi connectivity index (χ1v) is 9.26. The van der Waals surface area contributed by atoms with Gasteiger partial charge in [-0.15, -0.1) is 0 Å². The lowest BCUT2D eigenvalue weighted by Crippen LogP contribution is -2.44. The number of alkyl halides is 3. The minimum absolute atomic E-state index is 0.110. The van der Waals surface area contributed by atoms with Crippen LogP contribution < -0.4 is 10.0 Å². The molecule has 1 atom stereocenters. The molecule has 0 aliphatic heterocycles. The predicted octanol–water partition coefficient (Wildman–Crippen LogP) is 1.26. The zero-order valence-corrected chi connectivity index (χ0v) is 14.7. The molecule has 26 heavy (non-hydrogen) atoms. The van der Waals surface area contributed by atoms with Crippen molar-refractivity contribution in [1.29, 1.82) is 0 Å². The van der Waals surface area contributed by atoms with Gasteiger partial charge in [-0.1, -0.05) is 0 Å². The Kier molecular flexibility index (Phi) is 5.76. The fraction of sp³-hybridized carbons (Fsp3) is 0.429. The number of amides is 1. The summed E-state index contributed by atoms with van der Waals surface area (Å²) in [6, 6.07) is 3.34. The van der Waals surface area contributed by atoms with Crippen molar-refractivity contribution in [2.45, 2.75) is 32.2 Å². The second kappa shape index (κ2) is 7.50. The SMILES string of the molecule is C[C@H](NS(C)(=O)=O)C(=O)NCc1cc(-c2ccco2)n(CC(F)(F)F)n1. The summed E-state index contributed by atoms with van der Waals surface area (Å²) in [6.07, 6.45) is -2.26. The van der Waals surface area contributed by atoms with Crippen LogP contribution in [-0.4, -0.2) is 42.6 Å². The third-order valence-corrected chi connectivity index (χ3v) is 3.94. The number of sulfonamides is 1. The van der Waals surface area contributed by atoms with E-state index in [1.165, 1.54) is 31.4 Å². The lowest BCUT2D eigenvalue weighted by molar-refractivity contribution is -0.142. The van der Waals surface area contributed by atoms with E-state index in [0.29, 0.717) is 0 Å². The van der Waals surface area contributed by atoms with E-state index in [2.05, 4.69) is 15.1 Å². The highest BCUT2D eigenvalue weighted by molar-refractivity contribution is 7.88. The van der Waals surface area contributed by atoms with Crippen molar-refractivity contribution in [2.24, 2.45) is 0 Å². The zero-order valence-electron chi connectivity index (χ0n) is 13.9. The van der Waals surface area contributed by atoms with Crippen LogP contribution in [0.1, 0.15) is 12.6 Å². The summed E-state index contributed by atoms with van der Waals surface area (Å²) in [5, 5.41) is 6.26. The van der Waals surface area contributed by atoms with Crippen LogP contribution in [0.2, 0.25) is 0 Å². The molecule has 0 saturated heterocycles. The average molecular weight is 394 g/mol. The van der Waals surface area contributed by atoms with Crippen LogP contribution in [0.5, 0.6) is 0 Å². The molecule has 1 amide bonds. The number of hydrogen-bond acceptors (Lipinski definition) is 5. The van der Waals surface area contributed by atoms with Crippen molar-refractivity contribution >= 4 is 15.9 Å². The highest BCUT2D eigenvalue weighted by Gasteiger charge is 2.30. The Morgan fingerprint density at radius 3 is 2.65 bits per heavy atom. The molecule has 0 bridgehead atoms. The number of rotatable bonds is 7. The smallest absolute Gasteiger partial charge is 0.408 e. The molecule has 144 valence electrons. The van der Waals surface area contributed by atoms with E-state index in [-0.39, 0.29) is 23.7 Å². The van der Waals surface area contributed by atoms with Gasteiger partial charge in [-0.05, 0) is 25.1 Å². The molecule has 2 N–H and O–H groups in total. The Morgan fingerprint density at radius 2 is 2.12 bits per heavy atom. The number of aromatic nitrogens is 2. The molecule has 0 fully saturated rings. The zero-order chi connectivity index (χ0) is 19.5. The topological polar surface area (TPSA) is 106 Å². The minimum Gasteiger partial charge on any atom is -0.463 e. The number of carbonyl (C=O) groups excluding carboxylic acids is 1. The van der Waals surface area contributed by atoms with Crippen LogP contribution in [-0.2, 0) is 27.9 Å². The molecule has 0 unspecified atom stereocenters. The van der Waals surface area contributed by atoms with Crippen LogP contribution in [0, 0.1) is 0 Å². The van der Waals surface area contributed by atoms with Gasteiger partial charge in [0.15, 0.2) is 5.76 Å². The Labute approximate surface area is 147 Å². The third kappa shape index (κ3) is 5.88. The molecule has 2 aromatic heterocycles. The summed E-state index contributed by atoms with van der Waals surface area (Å²) in [6.45, 7) is -0.150. The van der Waals surface area contributed by atoms with Crippen LogP contribution in [0.4, 0.5) is 13.2 Å². The summed E-state index contributed by atoms with van der Waals surface area (Å²) in [5.41, 5.74) is 0.277. The molecule has 0 aromatic carbocycles. The molecule has 0 radical (unpaired) electrons. The van der Waals surface area contributed by atoms with Crippen molar-refractivity contribution in [3.63, 3.8) is 0 Å². The second-order valence-electron chi connectivity index (χ2n) is 5.60. The van der Waals surface area contributed by atoms with Crippen molar-refractivity contribution in [3.05, 3.63) is 30.2 Å².